The molecule has 3 rings (SSSR count). The van der Waals surface area contributed by atoms with Crippen molar-refractivity contribution in [2.24, 2.45) is 0 Å². The number of amides is 2. The number of nitrogens with one attached hydrogen (secondary N) is 2. The molecular weight excluding hydrogens is 372 g/mol. The minimum Gasteiger partial charge on any atom is -0.348 e. The molecule has 7 heteroatoms. The summed E-state index contributed by atoms with van der Waals surface area (Å²) in [6.07, 6.45) is 0.707. The van der Waals surface area contributed by atoms with Gasteiger partial charge in [-0.3, -0.25) is 14.5 Å². The fourth-order valence-electron chi connectivity index (χ4n) is 3.37. The summed E-state index contributed by atoms with van der Waals surface area (Å²) >= 11 is 1.65. The molecule has 0 bridgehead atoms. The van der Waals surface area contributed by atoms with Gasteiger partial charge in [-0.05, 0) is 41.4 Å². The van der Waals surface area contributed by atoms with Gasteiger partial charge in [0.2, 0.25) is 0 Å². The van der Waals surface area contributed by atoms with E-state index in [1.165, 1.54) is 5.56 Å². The second kappa shape index (κ2) is 10.4. The summed E-state index contributed by atoms with van der Waals surface area (Å²) in [5, 5.41) is 9.70. The number of likely N-dealkylation sites (N-methyl/N-ethyl adjacent to an activating group) is 1. The highest BCUT2D eigenvalue weighted by Crippen LogP contribution is 2.23. The maximum atomic E-state index is 12.2. The van der Waals surface area contributed by atoms with Crippen LogP contribution in [0.25, 0.3) is 0 Å². The van der Waals surface area contributed by atoms with Crippen LogP contribution in [0, 0.1) is 0 Å². The highest BCUT2D eigenvalue weighted by atomic mass is 32.1. The Hall–Kier alpha value is -2.22. The highest BCUT2D eigenvalue weighted by molar-refractivity contribution is 7.08. The molecule has 1 atom stereocenters. The molecule has 1 aliphatic rings. The fourth-order valence-corrected chi connectivity index (χ4v) is 4.08. The van der Waals surface area contributed by atoms with Gasteiger partial charge in [0.1, 0.15) is 0 Å². The van der Waals surface area contributed by atoms with E-state index in [1.807, 2.05) is 30.3 Å². The number of benzene rings is 1. The molecule has 1 fully saturated rings. The number of piperazine rings is 1. The van der Waals surface area contributed by atoms with E-state index in [-0.39, 0.29) is 6.04 Å². The van der Waals surface area contributed by atoms with Gasteiger partial charge in [-0.1, -0.05) is 30.3 Å². The maximum absolute atomic E-state index is 12.2. The number of carbonyl (C=O) groups excluding carboxylic acids is 2. The maximum Gasteiger partial charge on any atom is 0.309 e. The second-order valence-electron chi connectivity index (χ2n) is 7.11. The Morgan fingerprint density at radius 3 is 2.43 bits per heavy atom. The zero-order chi connectivity index (χ0) is 19.8. The Bertz CT molecular complexity index is 743. The van der Waals surface area contributed by atoms with Gasteiger partial charge >= 0.3 is 11.8 Å². The molecule has 2 heterocycles. The van der Waals surface area contributed by atoms with Gasteiger partial charge in [0.15, 0.2) is 0 Å². The first-order chi connectivity index (χ1) is 13.6. The van der Waals surface area contributed by atoms with Crippen molar-refractivity contribution < 1.29 is 9.59 Å². The van der Waals surface area contributed by atoms with E-state index < -0.39 is 11.8 Å². The molecule has 1 saturated heterocycles. The first-order valence-electron chi connectivity index (χ1n) is 9.68. The smallest absolute Gasteiger partial charge is 0.309 e. The molecule has 0 spiro atoms. The Kier molecular flexibility index (Phi) is 7.59. The van der Waals surface area contributed by atoms with Crippen molar-refractivity contribution in [3.05, 3.63) is 58.3 Å². The number of carbonyl (C=O) groups is 2. The van der Waals surface area contributed by atoms with E-state index in [9.17, 15) is 9.59 Å². The first kappa shape index (κ1) is 20.5. The molecule has 6 nitrogen and oxygen atoms in total. The molecule has 0 radical (unpaired) electrons. The molecule has 150 valence electrons. The van der Waals surface area contributed by atoms with Crippen molar-refractivity contribution in [1.29, 1.82) is 0 Å². The third-order valence-electron chi connectivity index (χ3n) is 5.11. The molecular formula is C21H28N4O2S. The lowest BCUT2D eigenvalue weighted by molar-refractivity contribution is -0.139. The summed E-state index contributed by atoms with van der Waals surface area (Å²) in [6, 6.07) is 12.1. The van der Waals surface area contributed by atoms with E-state index in [4.69, 9.17) is 0 Å². The predicted octanol–water partition coefficient (Wildman–Crippen LogP) is 1.51. The Balaban J connectivity index is 1.48. The minimum atomic E-state index is -0.571. The lowest BCUT2D eigenvalue weighted by atomic mass is 10.1. The summed E-state index contributed by atoms with van der Waals surface area (Å²) in [6.45, 7) is 4.81. The molecule has 1 aromatic carbocycles. The third-order valence-corrected chi connectivity index (χ3v) is 5.81. The summed E-state index contributed by atoms with van der Waals surface area (Å²) in [4.78, 5) is 29.0. The molecule has 2 aromatic rings. The Morgan fingerprint density at radius 2 is 1.75 bits per heavy atom. The Morgan fingerprint density at radius 1 is 1.04 bits per heavy atom. The molecule has 0 aliphatic carbocycles. The molecule has 1 aliphatic heterocycles. The van der Waals surface area contributed by atoms with Gasteiger partial charge in [-0.2, -0.15) is 11.3 Å². The van der Waals surface area contributed by atoms with Crippen LogP contribution in [-0.4, -0.2) is 67.9 Å². The minimum absolute atomic E-state index is 0.0982. The van der Waals surface area contributed by atoms with Gasteiger partial charge in [0.05, 0.1) is 6.04 Å². The standard InChI is InChI=1S/C21H28N4O2S/c1-24-10-12-25(13-11-24)19(18-8-14-28-16-18)15-23-21(27)20(26)22-9-7-17-5-3-2-4-6-17/h2-6,8,14,16,19H,7,9-13,15H2,1H3,(H,22,26)(H,23,27). The zero-order valence-electron chi connectivity index (χ0n) is 16.3. The number of rotatable bonds is 7. The van der Waals surface area contributed by atoms with Crippen LogP contribution in [0.4, 0.5) is 0 Å². The number of hydrogen-bond donors (Lipinski definition) is 2. The lowest BCUT2D eigenvalue weighted by Gasteiger charge is -2.37. The van der Waals surface area contributed by atoms with Gasteiger partial charge in [-0.25, -0.2) is 0 Å². The quantitative estimate of drug-likeness (QED) is 0.692. The summed E-state index contributed by atoms with van der Waals surface area (Å²) in [5.41, 5.74) is 2.33. The molecule has 1 unspecified atom stereocenters. The highest BCUT2D eigenvalue weighted by Gasteiger charge is 2.25. The number of hydrogen-bond acceptors (Lipinski definition) is 5. The monoisotopic (exact) mass is 400 g/mol. The van der Waals surface area contributed by atoms with Crippen molar-refractivity contribution in [3.8, 4) is 0 Å². The SMILES string of the molecule is CN1CCN(C(CNC(=O)C(=O)NCCc2ccccc2)c2ccsc2)CC1. The zero-order valence-corrected chi connectivity index (χ0v) is 17.1. The van der Waals surface area contributed by atoms with Crippen molar-refractivity contribution >= 4 is 23.2 Å². The molecule has 2 amide bonds. The van der Waals surface area contributed by atoms with E-state index in [0.717, 1.165) is 31.7 Å². The van der Waals surface area contributed by atoms with E-state index >= 15 is 0 Å². The van der Waals surface area contributed by atoms with Crippen LogP contribution in [0.3, 0.4) is 0 Å². The molecule has 0 saturated carbocycles. The van der Waals surface area contributed by atoms with Crippen LogP contribution in [-0.2, 0) is 16.0 Å². The van der Waals surface area contributed by atoms with Crippen LogP contribution in [0.15, 0.2) is 47.2 Å². The van der Waals surface area contributed by atoms with Gasteiger partial charge in [-0.15, -0.1) is 0 Å². The van der Waals surface area contributed by atoms with E-state index in [1.54, 1.807) is 11.3 Å². The summed E-state index contributed by atoms with van der Waals surface area (Å²) in [5.74, 6) is -1.14. The topological polar surface area (TPSA) is 64.7 Å². The largest absolute Gasteiger partial charge is 0.348 e. The average molecular weight is 401 g/mol. The van der Waals surface area contributed by atoms with Crippen LogP contribution < -0.4 is 10.6 Å². The van der Waals surface area contributed by atoms with Crippen molar-refractivity contribution in [1.82, 2.24) is 20.4 Å². The van der Waals surface area contributed by atoms with Crippen molar-refractivity contribution in [3.63, 3.8) is 0 Å². The lowest BCUT2D eigenvalue weighted by Crippen LogP contribution is -2.49. The van der Waals surface area contributed by atoms with Crippen LogP contribution in [0.5, 0.6) is 0 Å². The predicted molar refractivity (Wildman–Crippen MR) is 112 cm³/mol. The number of thiophene rings is 1. The molecule has 1 aromatic heterocycles. The van der Waals surface area contributed by atoms with Crippen LogP contribution in [0.1, 0.15) is 17.2 Å². The van der Waals surface area contributed by atoms with Crippen LogP contribution >= 0.6 is 11.3 Å². The summed E-state index contributed by atoms with van der Waals surface area (Å²) in [7, 11) is 2.12. The van der Waals surface area contributed by atoms with Gasteiger partial charge in [0.25, 0.3) is 0 Å². The van der Waals surface area contributed by atoms with Crippen molar-refractivity contribution in [2.75, 3.05) is 46.3 Å². The van der Waals surface area contributed by atoms with Crippen molar-refractivity contribution in [2.45, 2.75) is 12.5 Å². The Labute approximate surface area is 170 Å². The van der Waals surface area contributed by atoms with Crippen LogP contribution in [0.2, 0.25) is 0 Å². The first-order valence-corrected chi connectivity index (χ1v) is 10.6. The fraction of sp³-hybridized carbons (Fsp3) is 0.429. The normalized spacial score (nSPS) is 16.5. The molecule has 28 heavy (non-hydrogen) atoms. The number of nitrogens with zero attached hydrogens (tertiary/aromatic N) is 2. The average Bonchev–Trinajstić information content (AvgIpc) is 3.24. The van der Waals surface area contributed by atoms with E-state index in [2.05, 4.69) is 44.3 Å². The second-order valence-corrected chi connectivity index (χ2v) is 7.89. The van der Waals surface area contributed by atoms with Gasteiger partial charge in [0, 0.05) is 39.3 Å². The third kappa shape index (κ3) is 5.89. The summed E-state index contributed by atoms with van der Waals surface area (Å²) < 4.78 is 0. The van der Waals surface area contributed by atoms with E-state index in [0.29, 0.717) is 19.5 Å². The molecule has 2 N–H and O–H groups in total. The van der Waals surface area contributed by atoms with Gasteiger partial charge < -0.3 is 15.5 Å².